The van der Waals surface area contributed by atoms with Crippen molar-refractivity contribution < 1.29 is 19.4 Å². The zero-order valence-electron chi connectivity index (χ0n) is 13.5. The molecule has 0 radical (unpaired) electrons. The van der Waals surface area contributed by atoms with E-state index in [1.165, 1.54) is 4.90 Å². The molecule has 1 unspecified atom stereocenters. The minimum absolute atomic E-state index is 0.0474. The van der Waals surface area contributed by atoms with E-state index in [0.717, 1.165) is 19.1 Å². The number of ether oxygens (including phenoxy) is 2. The van der Waals surface area contributed by atoms with Crippen molar-refractivity contribution in [2.45, 2.75) is 44.9 Å². The molecule has 1 aliphatic heterocycles. The van der Waals surface area contributed by atoms with Gasteiger partial charge in [-0.15, -0.1) is 0 Å². The van der Waals surface area contributed by atoms with Crippen molar-refractivity contribution in [1.82, 2.24) is 14.7 Å². The molecule has 0 spiro atoms. The fourth-order valence-electron chi connectivity index (χ4n) is 2.08. The summed E-state index contributed by atoms with van der Waals surface area (Å²) in [4.78, 5) is 12.3. The molecule has 1 atom stereocenters. The predicted octanol–water partition coefficient (Wildman–Crippen LogP) is 2.33. The third-order valence-electron chi connectivity index (χ3n) is 3.66. The second-order valence-electron chi connectivity index (χ2n) is 6.79. The average Bonchev–Trinajstić information content (AvgIpc) is 2.79. The zero-order chi connectivity index (χ0) is 16.2. The maximum atomic E-state index is 10.9. The molecule has 0 aromatic carbocycles. The number of carboxylic acid groups (broad SMARTS) is 1. The van der Waals surface area contributed by atoms with Crippen LogP contribution in [-0.2, 0) is 11.5 Å². The van der Waals surface area contributed by atoms with Crippen molar-refractivity contribution in [2.75, 3.05) is 19.8 Å². The van der Waals surface area contributed by atoms with Crippen LogP contribution >= 0.6 is 0 Å². The Morgan fingerprint density at radius 1 is 1.50 bits per heavy atom. The lowest BCUT2D eigenvalue weighted by molar-refractivity contribution is 0.0497. The lowest BCUT2D eigenvalue weighted by Crippen LogP contribution is -2.53. The molecule has 1 fully saturated rings. The van der Waals surface area contributed by atoms with Crippen LogP contribution in [0.1, 0.15) is 6.42 Å². The predicted molar refractivity (Wildman–Crippen MR) is 85.0 cm³/mol. The Kier molecular flexibility index (Phi) is 5.46. The molecule has 22 heavy (non-hydrogen) atoms. The Hall–Kier alpha value is -1.54. The van der Waals surface area contributed by atoms with E-state index in [1.807, 2.05) is 0 Å². The molecule has 124 valence electrons. The Morgan fingerprint density at radius 2 is 2.27 bits per heavy atom. The molecule has 0 saturated carbocycles. The Bertz CT molecular complexity index is 501. The molecular formula is C14H25N3O4Si. The quantitative estimate of drug-likeness (QED) is 0.586. The number of amides is 1. The van der Waals surface area contributed by atoms with Crippen LogP contribution in [0.5, 0.6) is 5.75 Å². The first-order valence-electron chi connectivity index (χ1n) is 7.58. The SMILES string of the molecule is C[Si](C)(C)CCOCn1cc(OCC2CCN2C(=O)O)cn1. The van der Waals surface area contributed by atoms with Gasteiger partial charge in [0, 0.05) is 21.2 Å². The average molecular weight is 327 g/mol. The van der Waals surface area contributed by atoms with E-state index >= 15 is 0 Å². The summed E-state index contributed by atoms with van der Waals surface area (Å²) in [5.41, 5.74) is 0. The van der Waals surface area contributed by atoms with Gasteiger partial charge in [0.1, 0.15) is 13.3 Å². The lowest BCUT2D eigenvalue weighted by atomic mass is 10.1. The van der Waals surface area contributed by atoms with Gasteiger partial charge < -0.3 is 19.5 Å². The summed E-state index contributed by atoms with van der Waals surface area (Å²) in [5, 5.41) is 13.1. The van der Waals surface area contributed by atoms with E-state index in [2.05, 4.69) is 24.7 Å². The molecule has 0 bridgehead atoms. The molecule has 8 heteroatoms. The van der Waals surface area contributed by atoms with E-state index in [4.69, 9.17) is 14.6 Å². The van der Waals surface area contributed by atoms with E-state index in [9.17, 15) is 4.79 Å². The summed E-state index contributed by atoms with van der Waals surface area (Å²) in [5.74, 6) is 0.644. The fraction of sp³-hybridized carbons (Fsp3) is 0.714. The number of hydrogen-bond acceptors (Lipinski definition) is 4. The highest BCUT2D eigenvalue weighted by Crippen LogP contribution is 2.19. The molecule has 1 aliphatic rings. The van der Waals surface area contributed by atoms with Crippen molar-refractivity contribution in [2.24, 2.45) is 0 Å². The van der Waals surface area contributed by atoms with Gasteiger partial charge in [-0.25, -0.2) is 9.48 Å². The first-order chi connectivity index (χ1) is 10.3. The molecule has 1 aromatic rings. The van der Waals surface area contributed by atoms with Crippen molar-refractivity contribution >= 4 is 14.2 Å². The lowest BCUT2D eigenvalue weighted by Gasteiger charge is -2.38. The van der Waals surface area contributed by atoms with Crippen molar-refractivity contribution in [3.63, 3.8) is 0 Å². The Labute approximate surface area is 131 Å². The zero-order valence-corrected chi connectivity index (χ0v) is 14.5. The van der Waals surface area contributed by atoms with Gasteiger partial charge in [-0.2, -0.15) is 5.10 Å². The van der Waals surface area contributed by atoms with Crippen LogP contribution in [0.3, 0.4) is 0 Å². The maximum Gasteiger partial charge on any atom is 0.407 e. The van der Waals surface area contributed by atoms with Gasteiger partial charge in [-0.05, 0) is 12.5 Å². The fourth-order valence-corrected chi connectivity index (χ4v) is 2.84. The monoisotopic (exact) mass is 327 g/mol. The van der Waals surface area contributed by atoms with Crippen LogP contribution < -0.4 is 4.74 Å². The Morgan fingerprint density at radius 3 is 2.86 bits per heavy atom. The van der Waals surface area contributed by atoms with Crippen molar-refractivity contribution in [1.29, 1.82) is 0 Å². The number of nitrogens with zero attached hydrogens (tertiary/aromatic N) is 3. The number of likely N-dealkylation sites (tertiary alicyclic amines) is 1. The summed E-state index contributed by atoms with van der Waals surface area (Å²) in [6.45, 7) is 9.08. The normalized spacial score (nSPS) is 18.1. The van der Waals surface area contributed by atoms with E-state index < -0.39 is 14.2 Å². The molecule has 1 amide bonds. The molecule has 2 rings (SSSR count). The molecule has 0 aliphatic carbocycles. The van der Waals surface area contributed by atoms with Crippen LogP contribution in [-0.4, -0.2) is 59.8 Å². The standard InChI is InChI=1S/C14H25N3O4Si/c1-22(2,3)7-6-20-11-16-9-13(8-15-16)21-10-12-4-5-17(12)14(18)19/h8-9,12H,4-7,10-11H2,1-3H3,(H,18,19). The number of aromatic nitrogens is 2. The van der Waals surface area contributed by atoms with Crippen molar-refractivity contribution in [3.8, 4) is 5.75 Å². The summed E-state index contributed by atoms with van der Waals surface area (Å²) in [7, 11) is -1.06. The van der Waals surface area contributed by atoms with Gasteiger partial charge >= 0.3 is 6.09 Å². The Balaban J connectivity index is 1.67. The van der Waals surface area contributed by atoms with Gasteiger partial charge in [-0.3, -0.25) is 0 Å². The molecule has 1 N–H and O–H groups in total. The number of carbonyl (C=O) groups is 1. The second-order valence-corrected chi connectivity index (χ2v) is 12.4. The summed E-state index contributed by atoms with van der Waals surface area (Å²) in [6.07, 6.45) is 3.37. The third-order valence-corrected chi connectivity index (χ3v) is 5.37. The van der Waals surface area contributed by atoms with Gasteiger partial charge in [0.15, 0.2) is 5.75 Å². The van der Waals surface area contributed by atoms with Gasteiger partial charge in [0.05, 0.1) is 18.4 Å². The summed E-state index contributed by atoms with van der Waals surface area (Å²) >= 11 is 0. The van der Waals surface area contributed by atoms with E-state index in [0.29, 0.717) is 25.6 Å². The topological polar surface area (TPSA) is 76.8 Å². The largest absolute Gasteiger partial charge is 0.488 e. The van der Waals surface area contributed by atoms with Crippen LogP contribution in [0.25, 0.3) is 0 Å². The summed E-state index contributed by atoms with van der Waals surface area (Å²) in [6, 6.07) is 1.08. The van der Waals surface area contributed by atoms with E-state index in [1.54, 1.807) is 17.1 Å². The number of rotatable bonds is 8. The minimum atomic E-state index is -1.06. The summed E-state index contributed by atoms with van der Waals surface area (Å²) < 4.78 is 12.9. The maximum absolute atomic E-state index is 10.9. The number of hydrogen-bond donors (Lipinski definition) is 1. The highest BCUT2D eigenvalue weighted by Gasteiger charge is 2.32. The third kappa shape index (κ3) is 5.02. The van der Waals surface area contributed by atoms with Crippen LogP contribution in [0, 0.1) is 0 Å². The smallest absolute Gasteiger partial charge is 0.407 e. The highest BCUT2D eigenvalue weighted by molar-refractivity contribution is 6.76. The first-order valence-corrected chi connectivity index (χ1v) is 11.3. The molecule has 1 aromatic heterocycles. The van der Waals surface area contributed by atoms with Crippen molar-refractivity contribution in [3.05, 3.63) is 12.4 Å². The molecule has 7 nitrogen and oxygen atoms in total. The van der Waals surface area contributed by atoms with Gasteiger partial charge in [0.25, 0.3) is 0 Å². The van der Waals surface area contributed by atoms with E-state index in [-0.39, 0.29) is 6.04 Å². The van der Waals surface area contributed by atoms with Gasteiger partial charge in [0.2, 0.25) is 0 Å². The molecule has 1 saturated heterocycles. The highest BCUT2D eigenvalue weighted by atomic mass is 28.3. The van der Waals surface area contributed by atoms with Gasteiger partial charge in [-0.1, -0.05) is 19.6 Å². The molecular weight excluding hydrogens is 302 g/mol. The van der Waals surface area contributed by atoms with Crippen LogP contribution in [0.15, 0.2) is 12.4 Å². The van der Waals surface area contributed by atoms with Crippen LogP contribution in [0.4, 0.5) is 4.79 Å². The minimum Gasteiger partial charge on any atom is -0.488 e. The van der Waals surface area contributed by atoms with Crippen LogP contribution in [0.2, 0.25) is 25.7 Å². The first kappa shape index (κ1) is 16.8. The second kappa shape index (κ2) is 7.15. The molecule has 2 heterocycles.